The van der Waals surface area contributed by atoms with Gasteiger partial charge in [0.05, 0.1) is 36.6 Å². The third-order valence-electron chi connectivity index (χ3n) is 2.92. The second kappa shape index (κ2) is 16.7. The van der Waals surface area contributed by atoms with Crippen LogP contribution in [0.15, 0.2) is 0 Å². The van der Waals surface area contributed by atoms with Crippen LogP contribution in [-0.4, -0.2) is 48.1 Å². The molecule has 0 N–H and O–H groups in total. The van der Waals surface area contributed by atoms with Crippen molar-refractivity contribution in [2.45, 2.75) is 106 Å². The fourth-order valence-electron chi connectivity index (χ4n) is 2.14. The van der Waals surface area contributed by atoms with E-state index in [9.17, 15) is 0 Å². The highest BCUT2D eigenvalue weighted by Gasteiger charge is 2.29. The first kappa shape index (κ1) is 35.8. The summed E-state index contributed by atoms with van der Waals surface area (Å²) in [5.74, 6) is 1.13. The minimum atomic E-state index is -2.78. The number of thiol groups is 1. The van der Waals surface area contributed by atoms with Crippen molar-refractivity contribution >= 4 is 87.5 Å². The zero-order valence-electron chi connectivity index (χ0n) is 21.2. The molecule has 33 heavy (non-hydrogen) atoms. The highest BCUT2D eigenvalue weighted by atomic mass is 32.9. The summed E-state index contributed by atoms with van der Waals surface area (Å²) in [4.78, 5) is 0. The minimum Gasteiger partial charge on any atom is -0.319 e. The fourth-order valence-corrected chi connectivity index (χ4v) is 16.9. The van der Waals surface area contributed by atoms with E-state index in [4.69, 9.17) is 62.6 Å². The van der Waals surface area contributed by atoms with E-state index >= 15 is 0 Å². The van der Waals surface area contributed by atoms with E-state index < -0.39 is 17.1 Å². The van der Waals surface area contributed by atoms with Gasteiger partial charge in [-0.1, -0.05) is 35.0 Å². The molecule has 0 heterocycles. The summed E-state index contributed by atoms with van der Waals surface area (Å²) in [6, 6.07) is 0. The van der Waals surface area contributed by atoms with Gasteiger partial charge in [0.1, 0.15) is 0 Å². The van der Waals surface area contributed by atoms with Crippen molar-refractivity contribution in [1.29, 1.82) is 0 Å². The smallest absolute Gasteiger partial charge is 0.247 e. The Balaban J connectivity index is 4.85. The van der Waals surface area contributed by atoms with Crippen LogP contribution in [0.2, 0.25) is 0 Å². The van der Waals surface area contributed by atoms with Crippen molar-refractivity contribution in [3.05, 3.63) is 0 Å². The Morgan fingerprint density at radius 2 is 0.788 bits per heavy atom. The van der Waals surface area contributed by atoms with E-state index in [0.717, 1.165) is 0 Å². The van der Waals surface area contributed by atoms with Crippen LogP contribution in [0, 0.1) is 0 Å². The zero-order chi connectivity index (χ0) is 26.0. The quantitative estimate of drug-likeness (QED) is 0.116. The molecule has 0 aliphatic rings. The molecule has 15 heteroatoms. The summed E-state index contributed by atoms with van der Waals surface area (Å²) >= 11 is 24.4. The first-order chi connectivity index (χ1) is 14.9. The Hall–Kier alpha value is 2.76. The van der Waals surface area contributed by atoms with Crippen LogP contribution in [0.4, 0.5) is 0 Å². The molecule has 0 aromatic heterocycles. The van der Waals surface area contributed by atoms with Gasteiger partial charge < -0.3 is 27.1 Å². The molecule has 2 unspecified atom stereocenters. The third kappa shape index (κ3) is 18.6. The standard InChI is InChI=1S/C18H41O6P3S6/c1-13(2)19-26(30,20-14(3)4)32-11-17(9)23-25(28,29)24-18(10)12-33-27(31,21-15(5)6)22-16(7)8/h13-18H,11-12H2,1-10H3,(H,28,29). The van der Waals surface area contributed by atoms with E-state index in [1.165, 1.54) is 22.8 Å². The lowest BCUT2D eigenvalue weighted by Gasteiger charge is -2.29. The van der Waals surface area contributed by atoms with Gasteiger partial charge in [-0.2, -0.15) is 0 Å². The van der Waals surface area contributed by atoms with Crippen molar-refractivity contribution < 1.29 is 27.1 Å². The first-order valence-corrected chi connectivity index (χ1v) is 23.0. The molecule has 0 aliphatic heterocycles. The molecule has 0 rings (SSSR count). The molecule has 0 spiro atoms. The van der Waals surface area contributed by atoms with Crippen LogP contribution in [0.1, 0.15) is 69.2 Å². The van der Waals surface area contributed by atoms with Crippen molar-refractivity contribution in [3.63, 3.8) is 0 Å². The second-order valence-electron chi connectivity index (χ2n) is 8.40. The second-order valence-corrected chi connectivity index (χ2v) is 26.1. The summed E-state index contributed by atoms with van der Waals surface area (Å²) < 4.78 is 35.7. The highest BCUT2D eigenvalue weighted by molar-refractivity contribution is 8.68. The Morgan fingerprint density at radius 1 is 0.545 bits per heavy atom. The predicted molar refractivity (Wildman–Crippen MR) is 163 cm³/mol. The Kier molecular flexibility index (Phi) is 18.1. The molecule has 0 fully saturated rings. The summed E-state index contributed by atoms with van der Waals surface area (Å²) in [5.41, 5.74) is -7.76. The topological polar surface area (TPSA) is 55.4 Å². The van der Waals surface area contributed by atoms with Crippen LogP contribution in [0.25, 0.3) is 0 Å². The van der Waals surface area contributed by atoms with Crippen molar-refractivity contribution in [3.8, 4) is 0 Å². The van der Waals surface area contributed by atoms with Gasteiger partial charge in [0.25, 0.3) is 0 Å². The lowest BCUT2D eigenvalue weighted by Crippen LogP contribution is -2.15. The average molecular weight is 639 g/mol. The lowest BCUT2D eigenvalue weighted by molar-refractivity contribution is 0.183. The molecule has 0 aromatic carbocycles. The van der Waals surface area contributed by atoms with E-state index in [-0.39, 0.29) is 36.6 Å². The van der Waals surface area contributed by atoms with Gasteiger partial charge in [-0.05, 0) is 105 Å². The van der Waals surface area contributed by atoms with Crippen LogP contribution < -0.4 is 0 Å². The van der Waals surface area contributed by atoms with Gasteiger partial charge >= 0.3 is 0 Å². The normalized spacial score (nSPS) is 17.2. The number of hydrogen-bond donors (Lipinski definition) is 1. The van der Waals surface area contributed by atoms with Crippen molar-refractivity contribution in [2.24, 2.45) is 0 Å². The third-order valence-corrected chi connectivity index (χ3v) is 16.6. The highest BCUT2D eigenvalue weighted by Crippen LogP contribution is 2.65. The molecule has 0 amide bonds. The van der Waals surface area contributed by atoms with Gasteiger partial charge in [-0.3, -0.25) is 0 Å². The maximum Gasteiger partial charge on any atom is 0.247 e. The summed E-state index contributed by atoms with van der Waals surface area (Å²) in [6.07, 6.45) is -0.538. The number of rotatable bonds is 18. The number of hydrogen-bond acceptors (Lipinski definition) is 11. The van der Waals surface area contributed by atoms with Crippen molar-refractivity contribution in [2.75, 3.05) is 11.5 Å². The maximum atomic E-state index is 5.99. The molecular formula is C18H41O6P3S6. The fraction of sp³-hybridized carbons (Fsp3) is 1.00. The van der Waals surface area contributed by atoms with E-state index in [1.54, 1.807) is 0 Å². The Bertz CT molecular complexity index is 627. The van der Waals surface area contributed by atoms with Gasteiger partial charge in [0, 0.05) is 11.5 Å². The Morgan fingerprint density at radius 3 is 1.00 bits per heavy atom. The average Bonchev–Trinajstić information content (AvgIpc) is 2.54. The van der Waals surface area contributed by atoms with Gasteiger partial charge in [-0.25, -0.2) is 0 Å². The largest absolute Gasteiger partial charge is 0.319 e. The van der Waals surface area contributed by atoms with Gasteiger partial charge in [0.2, 0.25) is 17.1 Å². The molecule has 0 aromatic rings. The zero-order valence-corrected chi connectivity index (χ0v) is 28.8. The van der Waals surface area contributed by atoms with E-state index in [0.29, 0.717) is 11.5 Å². The summed E-state index contributed by atoms with van der Waals surface area (Å²) in [7, 11) is 0. The Labute approximate surface area is 230 Å². The summed E-state index contributed by atoms with van der Waals surface area (Å²) in [5, 5.41) is 0. The predicted octanol–water partition coefficient (Wildman–Crippen LogP) is 8.57. The van der Waals surface area contributed by atoms with Gasteiger partial charge in [-0.15, -0.1) is 0 Å². The van der Waals surface area contributed by atoms with Crippen LogP contribution >= 0.6 is 52.1 Å². The monoisotopic (exact) mass is 638 g/mol. The molecule has 0 saturated carbocycles. The molecule has 2 atom stereocenters. The molecular weight excluding hydrogens is 598 g/mol. The molecule has 0 saturated heterocycles. The SMILES string of the molecule is CC(C)OP(=S)(OC(C)C)SCC(C)OP(=S)(S)OC(C)CSP(=S)(OC(C)C)OC(C)C. The first-order valence-electron chi connectivity index (χ1n) is 10.8. The minimum absolute atomic E-state index is 0.0193. The van der Waals surface area contributed by atoms with E-state index in [1.807, 2.05) is 69.2 Å². The molecule has 0 bridgehead atoms. The molecule has 0 aliphatic carbocycles. The molecule has 6 nitrogen and oxygen atoms in total. The molecule has 200 valence electrons. The summed E-state index contributed by atoms with van der Waals surface area (Å²) in [6.45, 7) is 19.4. The molecule has 0 radical (unpaired) electrons. The van der Waals surface area contributed by atoms with Gasteiger partial charge in [0.15, 0.2) is 0 Å². The maximum absolute atomic E-state index is 5.99. The van der Waals surface area contributed by atoms with Crippen LogP contribution in [0.5, 0.6) is 0 Å². The van der Waals surface area contributed by atoms with Crippen LogP contribution in [-0.2, 0) is 62.6 Å². The van der Waals surface area contributed by atoms with Crippen molar-refractivity contribution in [1.82, 2.24) is 0 Å². The lowest BCUT2D eigenvalue weighted by atomic mass is 10.5. The van der Waals surface area contributed by atoms with E-state index in [2.05, 4.69) is 12.2 Å². The van der Waals surface area contributed by atoms with Crippen LogP contribution in [0.3, 0.4) is 0 Å².